The molecular formula is C20H25N3O7S. The Morgan fingerprint density at radius 3 is 2.58 bits per heavy atom. The van der Waals surface area contributed by atoms with Crippen molar-refractivity contribution in [3.63, 3.8) is 0 Å². The number of nitrogens with zero attached hydrogens (tertiary/aromatic N) is 2. The van der Waals surface area contributed by atoms with Crippen molar-refractivity contribution >= 4 is 33.7 Å². The second-order valence-corrected chi connectivity index (χ2v) is 9.75. The van der Waals surface area contributed by atoms with Gasteiger partial charge in [0.1, 0.15) is 0 Å². The predicted octanol–water partition coefficient (Wildman–Crippen LogP) is 0.319. The van der Waals surface area contributed by atoms with Gasteiger partial charge in [-0.1, -0.05) is 18.2 Å². The number of likely N-dealkylation sites (N-methyl/N-ethyl adjacent to an activating group) is 1. The second kappa shape index (κ2) is 9.04. The third kappa shape index (κ3) is 5.04. The maximum absolute atomic E-state index is 12.8. The number of ether oxygens (including phenoxy) is 1. The third-order valence-electron chi connectivity index (χ3n) is 5.41. The summed E-state index contributed by atoms with van der Waals surface area (Å²) >= 11 is 0. The molecule has 11 heteroatoms. The van der Waals surface area contributed by atoms with Gasteiger partial charge in [0.05, 0.1) is 30.2 Å². The zero-order valence-corrected chi connectivity index (χ0v) is 18.2. The quantitative estimate of drug-likeness (QED) is 0.467. The number of urea groups is 1. The van der Waals surface area contributed by atoms with Crippen molar-refractivity contribution in [2.75, 3.05) is 24.6 Å². The van der Waals surface area contributed by atoms with Crippen molar-refractivity contribution in [2.45, 2.75) is 39.0 Å². The third-order valence-corrected chi connectivity index (χ3v) is 7.16. The molecule has 0 spiro atoms. The Bertz CT molecular complexity index is 992. The Kier molecular flexibility index (Phi) is 6.63. The average molecular weight is 452 g/mol. The van der Waals surface area contributed by atoms with Crippen molar-refractivity contribution in [3.8, 4) is 0 Å². The number of carbonyl (C=O) groups is 4. The number of hydrogen-bond acceptors (Lipinski definition) is 7. The molecule has 31 heavy (non-hydrogen) atoms. The first kappa shape index (κ1) is 22.7. The highest BCUT2D eigenvalue weighted by atomic mass is 32.2. The first-order chi connectivity index (χ1) is 14.6. The van der Waals surface area contributed by atoms with E-state index in [4.69, 9.17) is 4.74 Å². The Morgan fingerprint density at radius 1 is 1.29 bits per heavy atom. The summed E-state index contributed by atoms with van der Waals surface area (Å²) in [4.78, 5) is 51.7. The molecule has 0 bridgehead atoms. The van der Waals surface area contributed by atoms with Crippen LogP contribution in [0.4, 0.5) is 4.79 Å². The van der Waals surface area contributed by atoms with Gasteiger partial charge in [-0.3, -0.25) is 14.5 Å². The van der Waals surface area contributed by atoms with Crippen LogP contribution in [0.5, 0.6) is 0 Å². The molecular weight excluding hydrogens is 426 g/mol. The normalized spacial score (nSPS) is 21.0. The van der Waals surface area contributed by atoms with Crippen LogP contribution in [0.2, 0.25) is 0 Å². The molecule has 1 N–H and O–H groups in total. The number of sulfone groups is 1. The Labute approximate surface area is 180 Å². The molecule has 10 nitrogen and oxygen atoms in total. The van der Waals surface area contributed by atoms with Crippen LogP contribution in [0.25, 0.3) is 0 Å². The highest BCUT2D eigenvalue weighted by molar-refractivity contribution is 7.91. The number of nitrogens with one attached hydrogen (secondary N) is 1. The first-order valence-corrected chi connectivity index (χ1v) is 11.8. The van der Waals surface area contributed by atoms with Gasteiger partial charge in [-0.15, -0.1) is 0 Å². The number of esters is 1. The maximum atomic E-state index is 12.8. The first-order valence-electron chi connectivity index (χ1n) is 10.0. The molecule has 2 fully saturated rings. The molecule has 0 radical (unpaired) electrons. The Morgan fingerprint density at radius 2 is 2.00 bits per heavy atom. The van der Waals surface area contributed by atoms with E-state index in [1.165, 1.54) is 17.9 Å². The Hall–Kier alpha value is -2.95. The topological polar surface area (TPSA) is 130 Å². The van der Waals surface area contributed by atoms with Crippen LogP contribution in [0.3, 0.4) is 0 Å². The van der Waals surface area contributed by atoms with E-state index in [0.717, 1.165) is 4.90 Å². The summed E-state index contributed by atoms with van der Waals surface area (Å²) in [5, 5.41) is 2.42. The summed E-state index contributed by atoms with van der Waals surface area (Å²) < 4.78 is 28.9. The van der Waals surface area contributed by atoms with Crippen LogP contribution in [-0.4, -0.2) is 78.8 Å². The van der Waals surface area contributed by atoms with Crippen LogP contribution in [-0.2, 0) is 30.7 Å². The Balaban J connectivity index is 1.70. The lowest BCUT2D eigenvalue weighted by Gasteiger charge is -2.29. The van der Waals surface area contributed by atoms with E-state index in [2.05, 4.69) is 5.32 Å². The lowest BCUT2D eigenvalue weighted by molar-refractivity contribution is -0.141. The second-order valence-electron chi connectivity index (χ2n) is 7.52. The van der Waals surface area contributed by atoms with Crippen molar-refractivity contribution in [1.82, 2.24) is 15.1 Å². The van der Waals surface area contributed by atoms with Crippen molar-refractivity contribution < 1.29 is 32.3 Å². The van der Waals surface area contributed by atoms with Gasteiger partial charge in [-0.2, -0.15) is 0 Å². The lowest BCUT2D eigenvalue weighted by Crippen LogP contribution is -2.46. The lowest BCUT2D eigenvalue weighted by atomic mass is 10.1. The van der Waals surface area contributed by atoms with E-state index < -0.39 is 45.8 Å². The maximum Gasteiger partial charge on any atom is 0.339 e. The summed E-state index contributed by atoms with van der Waals surface area (Å²) in [6.45, 7) is 3.28. The number of carbonyl (C=O) groups excluding carboxylic acids is 4. The van der Waals surface area contributed by atoms with Gasteiger partial charge in [0.15, 0.2) is 15.9 Å². The summed E-state index contributed by atoms with van der Waals surface area (Å²) in [6, 6.07) is 5.40. The van der Waals surface area contributed by atoms with Gasteiger partial charge >= 0.3 is 12.0 Å². The summed E-state index contributed by atoms with van der Waals surface area (Å²) in [7, 11) is -3.17. The molecule has 168 valence electrons. The number of rotatable bonds is 7. The molecule has 2 aliphatic rings. The highest BCUT2D eigenvalue weighted by Gasteiger charge is 2.36. The fourth-order valence-corrected chi connectivity index (χ4v) is 5.50. The minimum absolute atomic E-state index is 0.0335. The standard InChI is InChI=1S/C20H25N3O7S/c1-3-22(15-8-9-31(28,29)12-15)18(25)13(2)30-19(26)16-7-5-4-6-14(16)11-23-17(24)10-21-20(23)27/h4-7,13,15H,3,8-12H2,1-2H3,(H,21,27)/t13-,15+/m0/s1. The minimum atomic E-state index is -3.17. The summed E-state index contributed by atoms with van der Waals surface area (Å²) in [5.74, 6) is -1.70. The molecule has 0 saturated carbocycles. The average Bonchev–Trinajstić information content (AvgIpc) is 3.24. The van der Waals surface area contributed by atoms with Crippen LogP contribution in [0, 0.1) is 0 Å². The van der Waals surface area contributed by atoms with Crippen molar-refractivity contribution in [2.24, 2.45) is 0 Å². The number of imide groups is 1. The van der Waals surface area contributed by atoms with Gasteiger partial charge in [-0.25, -0.2) is 18.0 Å². The molecule has 4 amide bonds. The van der Waals surface area contributed by atoms with Gasteiger partial charge in [0, 0.05) is 12.6 Å². The van der Waals surface area contributed by atoms with E-state index in [-0.39, 0.29) is 30.2 Å². The molecule has 0 unspecified atom stereocenters. The highest BCUT2D eigenvalue weighted by Crippen LogP contribution is 2.20. The molecule has 2 aliphatic heterocycles. The van der Waals surface area contributed by atoms with Crippen LogP contribution in [0.1, 0.15) is 36.2 Å². The van der Waals surface area contributed by atoms with Crippen molar-refractivity contribution in [1.29, 1.82) is 0 Å². The monoisotopic (exact) mass is 451 g/mol. The molecule has 1 aromatic rings. The summed E-state index contributed by atoms with van der Waals surface area (Å²) in [5.41, 5.74) is 0.549. The van der Waals surface area contributed by atoms with Crippen LogP contribution in [0.15, 0.2) is 24.3 Å². The predicted molar refractivity (Wildman–Crippen MR) is 110 cm³/mol. The molecule has 0 aromatic heterocycles. The summed E-state index contributed by atoms with van der Waals surface area (Å²) in [6.07, 6.45) is -0.766. The number of amides is 4. The molecule has 2 saturated heterocycles. The van der Waals surface area contributed by atoms with Crippen LogP contribution < -0.4 is 5.32 Å². The molecule has 2 heterocycles. The fourth-order valence-electron chi connectivity index (χ4n) is 3.77. The minimum Gasteiger partial charge on any atom is -0.449 e. The molecule has 3 rings (SSSR count). The fraction of sp³-hybridized carbons (Fsp3) is 0.500. The van der Waals surface area contributed by atoms with E-state index >= 15 is 0 Å². The number of hydrogen-bond donors (Lipinski definition) is 1. The van der Waals surface area contributed by atoms with E-state index in [1.54, 1.807) is 25.1 Å². The molecule has 2 atom stereocenters. The zero-order chi connectivity index (χ0) is 22.8. The smallest absolute Gasteiger partial charge is 0.339 e. The van der Waals surface area contributed by atoms with Crippen LogP contribution >= 0.6 is 0 Å². The van der Waals surface area contributed by atoms with Crippen molar-refractivity contribution in [3.05, 3.63) is 35.4 Å². The van der Waals surface area contributed by atoms with E-state index in [1.807, 2.05) is 0 Å². The van der Waals surface area contributed by atoms with E-state index in [9.17, 15) is 27.6 Å². The van der Waals surface area contributed by atoms with Gasteiger partial charge in [0.2, 0.25) is 5.91 Å². The van der Waals surface area contributed by atoms with Gasteiger partial charge in [0.25, 0.3) is 5.91 Å². The molecule has 1 aromatic carbocycles. The SMILES string of the molecule is CCN(C(=O)[C@H](C)OC(=O)c1ccccc1CN1C(=O)CNC1=O)[C@@H]1CCS(=O)(=O)C1. The molecule has 0 aliphatic carbocycles. The largest absolute Gasteiger partial charge is 0.449 e. The van der Waals surface area contributed by atoms with Gasteiger partial charge < -0.3 is 15.0 Å². The number of benzene rings is 1. The van der Waals surface area contributed by atoms with E-state index in [0.29, 0.717) is 18.5 Å². The van der Waals surface area contributed by atoms with Gasteiger partial charge in [-0.05, 0) is 31.9 Å². The zero-order valence-electron chi connectivity index (χ0n) is 17.4.